The zero-order chi connectivity index (χ0) is 20.8. The Morgan fingerprint density at radius 2 is 1.79 bits per heavy atom. The van der Waals surface area contributed by atoms with E-state index in [-0.39, 0.29) is 12.5 Å². The van der Waals surface area contributed by atoms with Crippen LogP contribution in [0.1, 0.15) is 22.7 Å². The molecule has 5 nitrogen and oxygen atoms in total. The van der Waals surface area contributed by atoms with E-state index >= 15 is 0 Å². The summed E-state index contributed by atoms with van der Waals surface area (Å²) in [7, 11) is 1.55. The van der Waals surface area contributed by atoms with Crippen LogP contribution < -0.4 is 15.4 Å². The van der Waals surface area contributed by atoms with Crippen LogP contribution in [0.4, 0.5) is 11.4 Å². The monoisotopic (exact) mass is 410 g/mol. The molecule has 0 radical (unpaired) electrons. The Morgan fingerprint density at radius 1 is 1.07 bits per heavy atom. The molecule has 0 spiro atoms. The molecule has 3 N–H and O–H groups in total. The number of nitrogens with one attached hydrogen (secondary N) is 2. The molecule has 1 amide bonds. The zero-order valence-electron chi connectivity index (χ0n) is 16.3. The number of anilines is 2. The van der Waals surface area contributed by atoms with Crippen LogP contribution in [0.15, 0.2) is 66.7 Å². The molecule has 150 valence electrons. The molecule has 3 aromatic carbocycles. The fourth-order valence-electron chi connectivity index (χ4n) is 2.99. The lowest BCUT2D eigenvalue weighted by molar-refractivity contribution is -0.117. The molecule has 3 rings (SSSR count). The normalized spacial score (nSPS) is 11.6. The number of carbonyl (C=O) groups excluding carboxylic acids is 1. The Kier molecular flexibility index (Phi) is 6.75. The average molecular weight is 411 g/mol. The number of amides is 1. The van der Waals surface area contributed by atoms with Crippen LogP contribution in [0.3, 0.4) is 0 Å². The first-order valence-corrected chi connectivity index (χ1v) is 9.56. The minimum atomic E-state index is -0.642. The molecule has 0 aliphatic carbocycles. The van der Waals surface area contributed by atoms with Gasteiger partial charge in [0, 0.05) is 22.0 Å². The zero-order valence-corrected chi connectivity index (χ0v) is 17.0. The highest BCUT2D eigenvalue weighted by atomic mass is 35.5. The molecule has 0 fully saturated rings. The van der Waals surface area contributed by atoms with Gasteiger partial charge in [0.25, 0.3) is 5.91 Å². The largest absolute Gasteiger partial charge is 0.496 e. The maximum absolute atomic E-state index is 13.1. The van der Waals surface area contributed by atoms with E-state index in [1.807, 2.05) is 55.5 Å². The molecule has 0 saturated heterocycles. The highest BCUT2D eigenvalue weighted by Gasteiger charge is 2.21. The molecule has 0 aromatic heterocycles. The summed E-state index contributed by atoms with van der Waals surface area (Å²) >= 11 is 6.18. The molecule has 6 heteroatoms. The van der Waals surface area contributed by atoms with Gasteiger partial charge in [-0.1, -0.05) is 48.0 Å². The summed E-state index contributed by atoms with van der Waals surface area (Å²) in [5.74, 6) is 0.366. The minimum absolute atomic E-state index is 0.164. The molecule has 0 heterocycles. The lowest BCUT2D eigenvalue weighted by Crippen LogP contribution is -2.27. The number of aryl methyl sites for hydroxylation is 1. The van der Waals surface area contributed by atoms with E-state index < -0.39 is 6.04 Å². The van der Waals surface area contributed by atoms with Gasteiger partial charge in [-0.15, -0.1) is 0 Å². The Morgan fingerprint density at radius 3 is 2.45 bits per heavy atom. The fourth-order valence-corrected chi connectivity index (χ4v) is 3.17. The van der Waals surface area contributed by atoms with Crippen LogP contribution in [0.5, 0.6) is 5.75 Å². The Balaban J connectivity index is 1.89. The van der Waals surface area contributed by atoms with Gasteiger partial charge in [0.2, 0.25) is 0 Å². The summed E-state index contributed by atoms with van der Waals surface area (Å²) in [5, 5.41) is 16.3. The molecule has 0 bridgehead atoms. The van der Waals surface area contributed by atoms with Gasteiger partial charge in [-0.2, -0.15) is 0 Å². The molecule has 3 aromatic rings. The topological polar surface area (TPSA) is 70.6 Å². The second-order valence-corrected chi connectivity index (χ2v) is 7.03. The van der Waals surface area contributed by atoms with Gasteiger partial charge >= 0.3 is 0 Å². The average Bonchev–Trinajstić information content (AvgIpc) is 2.75. The van der Waals surface area contributed by atoms with Crippen LogP contribution in [-0.2, 0) is 11.4 Å². The lowest BCUT2D eigenvalue weighted by Gasteiger charge is -2.21. The van der Waals surface area contributed by atoms with Gasteiger partial charge in [0.1, 0.15) is 11.8 Å². The quantitative estimate of drug-likeness (QED) is 0.516. The van der Waals surface area contributed by atoms with Crippen LogP contribution in [0.25, 0.3) is 0 Å². The summed E-state index contributed by atoms with van der Waals surface area (Å²) in [6, 6.07) is 19.5. The van der Waals surface area contributed by atoms with Crippen LogP contribution in [0, 0.1) is 6.92 Å². The third-order valence-corrected chi connectivity index (χ3v) is 5.00. The fraction of sp³-hybridized carbons (Fsp3) is 0.174. The number of aliphatic hydroxyl groups excluding tert-OH is 1. The van der Waals surface area contributed by atoms with Crippen LogP contribution >= 0.6 is 11.6 Å². The van der Waals surface area contributed by atoms with E-state index in [0.29, 0.717) is 27.7 Å². The van der Waals surface area contributed by atoms with E-state index in [0.717, 1.165) is 11.1 Å². The number of methoxy groups -OCH3 is 1. The van der Waals surface area contributed by atoms with Crippen molar-refractivity contribution in [1.29, 1.82) is 0 Å². The van der Waals surface area contributed by atoms with Gasteiger partial charge in [0.05, 0.1) is 13.7 Å². The van der Waals surface area contributed by atoms with Gasteiger partial charge in [-0.25, -0.2) is 0 Å². The minimum Gasteiger partial charge on any atom is -0.496 e. The molecular weight excluding hydrogens is 388 g/mol. The summed E-state index contributed by atoms with van der Waals surface area (Å²) < 4.78 is 5.25. The van der Waals surface area contributed by atoms with Crippen molar-refractivity contribution >= 4 is 28.9 Å². The molecule has 1 unspecified atom stereocenters. The predicted octanol–water partition coefficient (Wildman–Crippen LogP) is 4.94. The second-order valence-electron chi connectivity index (χ2n) is 6.63. The number of hydrogen-bond acceptors (Lipinski definition) is 4. The summed E-state index contributed by atoms with van der Waals surface area (Å²) in [4.78, 5) is 13.1. The number of rotatable bonds is 7. The summed E-state index contributed by atoms with van der Waals surface area (Å²) in [6.45, 7) is 1.74. The molecule has 0 aliphatic heterocycles. The van der Waals surface area contributed by atoms with Crippen molar-refractivity contribution in [2.75, 3.05) is 17.7 Å². The van der Waals surface area contributed by atoms with E-state index in [1.54, 1.807) is 25.3 Å². The third-order valence-electron chi connectivity index (χ3n) is 4.60. The number of benzene rings is 3. The van der Waals surface area contributed by atoms with E-state index in [4.69, 9.17) is 16.3 Å². The van der Waals surface area contributed by atoms with Crippen molar-refractivity contribution in [3.8, 4) is 5.75 Å². The van der Waals surface area contributed by atoms with Crippen molar-refractivity contribution in [3.63, 3.8) is 0 Å². The molecule has 0 saturated carbocycles. The van der Waals surface area contributed by atoms with E-state index in [2.05, 4.69) is 10.6 Å². The number of hydrogen-bond donors (Lipinski definition) is 3. The standard InChI is InChI=1S/C23H23ClN2O3/c1-15-8-9-19(13-20(15)24)26-23(28)22(16-6-4-3-5-7-16)25-18-10-11-21(29-2)17(12-18)14-27/h3-13,22,25,27H,14H2,1-2H3,(H,26,28). The van der Waals surface area contributed by atoms with Crippen molar-refractivity contribution < 1.29 is 14.6 Å². The molecule has 0 aliphatic rings. The smallest absolute Gasteiger partial charge is 0.251 e. The SMILES string of the molecule is COc1ccc(NC(C(=O)Nc2ccc(C)c(Cl)c2)c2ccccc2)cc1CO. The van der Waals surface area contributed by atoms with E-state index in [1.165, 1.54) is 0 Å². The molecular formula is C23H23ClN2O3. The highest BCUT2D eigenvalue weighted by Crippen LogP contribution is 2.27. The maximum Gasteiger partial charge on any atom is 0.251 e. The summed E-state index contributed by atoms with van der Waals surface area (Å²) in [6.07, 6.45) is 0. The van der Waals surface area contributed by atoms with Crippen molar-refractivity contribution in [2.24, 2.45) is 0 Å². The number of aliphatic hydroxyl groups is 1. The van der Waals surface area contributed by atoms with Crippen molar-refractivity contribution in [1.82, 2.24) is 0 Å². The Bertz CT molecular complexity index is 993. The predicted molar refractivity (Wildman–Crippen MR) is 117 cm³/mol. The lowest BCUT2D eigenvalue weighted by atomic mass is 10.0. The number of halogens is 1. The number of ether oxygens (including phenoxy) is 1. The first-order chi connectivity index (χ1) is 14.0. The maximum atomic E-state index is 13.1. The first kappa shape index (κ1) is 20.7. The van der Waals surface area contributed by atoms with Gasteiger partial charge in [0.15, 0.2) is 0 Å². The highest BCUT2D eigenvalue weighted by molar-refractivity contribution is 6.31. The van der Waals surface area contributed by atoms with Crippen molar-refractivity contribution in [3.05, 3.63) is 88.4 Å². The van der Waals surface area contributed by atoms with Gasteiger partial charge in [-0.05, 0) is 48.4 Å². The number of carbonyl (C=O) groups is 1. The van der Waals surface area contributed by atoms with Gasteiger partial charge < -0.3 is 20.5 Å². The van der Waals surface area contributed by atoms with E-state index in [9.17, 15) is 9.90 Å². The second kappa shape index (κ2) is 9.45. The Labute approximate surface area is 175 Å². The van der Waals surface area contributed by atoms with Crippen LogP contribution in [0.2, 0.25) is 5.02 Å². The van der Waals surface area contributed by atoms with Gasteiger partial charge in [-0.3, -0.25) is 4.79 Å². The third kappa shape index (κ3) is 5.08. The van der Waals surface area contributed by atoms with Crippen molar-refractivity contribution in [2.45, 2.75) is 19.6 Å². The van der Waals surface area contributed by atoms with Crippen LogP contribution in [-0.4, -0.2) is 18.1 Å². The molecule has 1 atom stereocenters. The summed E-state index contributed by atoms with van der Waals surface area (Å²) in [5.41, 5.74) is 3.71. The molecule has 29 heavy (non-hydrogen) atoms. The Hall–Kier alpha value is -3.02. The first-order valence-electron chi connectivity index (χ1n) is 9.18.